The number of hydrazine groups is 1. The molecule has 0 spiro atoms. The first-order valence-electron chi connectivity index (χ1n) is 8.33. The SMILES string of the molecule is C[C@H]1CCc2c(C(=O)NNC(=S)Nc3ccc(S(N)(=O)=O)cc3)csc2C1. The van der Waals surface area contributed by atoms with E-state index in [2.05, 4.69) is 23.1 Å². The summed E-state index contributed by atoms with van der Waals surface area (Å²) in [7, 11) is -3.74. The number of nitrogens with one attached hydrogen (secondary N) is 3. The van der Waals surface area contributed by atoms with Crippen LogP contribution in [0.1, 0.15) is 34.1 Å². The quantitative estimate of drug-likeness (QED) is 0.444. The zero-order valence-corrected chi connectivity index (χ0v) is 17.1. The van der Waals surface area contributed by atoms with Crippen molar-refractivity contribution in [2.75, 3.05) is 5.32 Å². The van der Waals surface area contributed by atoms with Crippen molar-refractivity contribution in [3.63, 3.8) is 0 Å². The van der Waals surface area contributed by atoms with Gasteiger partial charge in [-0.15, -0.1) is 11.3 Å². The molecular formula is C17H20N4O3S3. The molecule has 7 nitrogen and oxygen atoms in total. The monoisotopic (exact) mass is 424 g/mol. The van der Waals surface area contributed by atoms with E-state index in [-0.39, 0.29) is 15.9 Å². The third-order valence-corrected chi connectivity index (χ3v) is 6.56. The van der Waals surface area contributed by atoms with Crippen LogP contribution in [0.15, 0.2) is 34.5 Å². The van der Waals surface area contributed by atoms with E-state index in [9.17, 15) is 13.2 Å². The van der Waals surface area contributed by atoms with Crippen molar-refractivity contribution in [1.29, 1.82) is 0 Å². The topological polar surface area (TPSA) is 113 Å². The Kier molecular flexibility index (Phi) is 5.80. The Balaban J connectivity index is 1.56. The molecule has 0 bridgehead atoms. The van der Waals surface area contributed by atoms with Crippen molar-refractivity contribution < 1.29 is 13.2 Å². The number of thiocarbonyl (C=S) groups is 1. The van der Waals surface area contributed by atoms with Gasteiger partial charge in [0.1, 0.15) is 0 Å². The van der Waals surface area contributed by atoms with Gasteiger partial charge in [0.05, 0.1) is 10.5 Å². The van der Waals surface area contributed by atoms with E-state index in [4.69, 9.17) is 17.4 Å². The van der Waals surface area contributed by atoms with Crippen LogP contribution in [0, 0.1) is 5.92 Å². The third kappa shape index (κ3) is 4.83. The number of benzene rings is 1. The number of hydrogen-bond acceptors (Lipinski definition) is 5. The number of primary sulfonamides is 1. The minimum atomic E-state index is -3.74. The number of hydrogen-bond donors (Lipinski definition) is 4. The van der Waals surface area contributed by atoms with Crippen molar-refractivity contribution in [2.24, 2.45) is 11.1 Å². The second-order valence-corrected chi connectivity index (χ2v) is 9.44. The highest BCUT2D eigenvalue weighted by atomic mass is 32.2. The van der Waals surface area contributed by atoms with Gasteiger partial charge in [-0.3, -0.25) is 15.6 Å². The van der Waals surface area contributed by atoms with Gasteiger partial charge in [0, 0.05) is 15.9 Å². The zero-order chi connectivity index (χ0) is 19.6. The van der Waals surface area contributed by atoms with Gasteiger partial charge in [0.25, 0.3) is 5.91 Å². The van der Waals surface area contributed by atoms with Gasteiger partial charge in [-0.1, -0.05) is 6.92 Å². The summed E-state index contributed by atoms with van der Waals surface area (Å²) in [6, 6.07) is 5.81. The zero-order valence-electron chi connectivity index (χ0n) is 14.6. The molecule has 0 aliphatic heterocycles. The average molecular weight is 425 g/mol. The number of anilines is 1. The molecule has 1 heterocycles. The van der Waals surface area contributed by atoms with Gasteiger partial charge in [0.15, 0.2) is 5.11 Å². The van der Waals surface area contributed by atoms with E-state index in [1.165, 1.54) is 29.1 Å². The number of rotatable bonds is 3. The minimum absolute atomic E-state index is 0.0109. The molecule has 1 aliphatic rings. The first-order chi connectivity index (χ1) is 12.7. The lowest BCUT2D eigenvalue weighted by molar-refractivity contribution is 0.0943. The number of fused-ring (bicyclic) bond motifs is 1. The Bertz CT molecular complexity index is 968. The second kappa shape index (κ2) is 7.93. The highest BCUT2D eigenvalue weighted by Gasteiger charge is 2.23. The molecule has 1 amide bonds. The molecule has 0 saturated heterocycles. The highest BCUT2D eigenvalue weighted by Crippen LogP contribution is 2.32. The molecule has 10 heteroatoms. The molecule has 144 valence electrons. The van der Waals surface area contributed by atoms with Gasteiger partial charge in [0.2, 0.25) is 10.0 Å². The number of carbonyl (C=O) groups is 1. The van der Waals surface area contributed by atoms with Gasteiger partial charge < -0.3 is 5.32 Å². The Hall–Kier alpha value is -2.01. The van der Waals surface area contributed by atoms with Crippen molar-refractivity contribution in [3.8, 4) is 0 Å². The van der Waals surface area contributed by atoms with E-state index in [0.717, 1.165) is 24.8 Å². The summed E-state index contributed by atoms with van der Waals surface area (Å²) in [6.07, 6.45) is 3.03. The normalized spacial score (nSPS) is 16.3. The summed E-state index contributed by atoms with van der Waals surface area (Å²) in [4.78, 5) is 13.7. The summed E-state index contributed by atoms with van der Waals surface area (Å²) >= 11 is 6.78. The molecule has 1 aromatic heterocycles. The molecule has 0 saturated carbocycles. The van der Waals surface area contributed by atoms with Crippen LogP contribution in [-0.4, -0.2) is 19.4 Å². The summed E-state index contributed by atoms with van der Waals surface area (Å²) in [5.41, 5.74) is 7.65. The summed E-state index contributed by atoms with van der Waals surface area (Å²) < 4.78 is 22.5. The molecule has 1 atom stereocenters. The Morgan fingerprint density at radius 1 is 1.26 bits per heavy atom. The van der Waals surface area contributed by atoms with Crippen LogP contribution in [0.25, 0.3) is 0 Å². The minimum Gasteiger partial charge on any atom is -0.331 e. The van der Waals surface area contributed by atoms with Crippen molar-refractivity contribution in [2.45, 2.75) is 31.1 Å². The largest absolute Gasteiger partial charge is 0.331 e. The lowest BCUT2D eigenvalue weighted by Gasteiger charge is -2.19. The first-order valence-corrected chi connectivity index (χ1v) is 11.2. The fraction of sp³-hybridized carbons (Fsp3) is 0.294. The molecule has 0 fully saturated rings. The maximum Gasteiger partial charge on any atom is 0.270 e. The van der Waals surface area contributed by atoms with E-state index >= 15 is 0 Å². The maximum absolute atomic E-state index is 12.4. The standard InChI is InChI=1S/C17H20N4O3S3/c1-10-2-7-13-14(9-26-15(13)8-10)16(22)20-21-17(25)19-11-3-5-12(6-4-11)27(18,23)24/h3-6,9-10H,2,7-8H2,1H3,(H,20,22)(H2,18,23,24)(H2,19,21,25)/t10-/m0/s1. The lowest BCUT2D eigenvalue weighted by atomic mass is 9.88. The van der Waals surface area contributed by atoms with Crippen LogP contribution in [0.4, 0.5) is 5.69 Å². The smallest absolute Gasteiger partial charge is 0.270 e. The Morgan fingerprint density at radius 3 is 2.63 bits per heavy atom. The van der Waals surface area contributed by atoms with E-state index in [0.29, 0.717) is 17.2 Å². The van der Waals surface area contributed by atoms with E-state index in [1.807, 2.05) is 5.38 Å². The van der Waals surface area contributed by atoms with E-state index in [1.54, 1.807) is 11.3 Å². The summed E-state index contributed by atoms with van der Waals surface area (Å²) in [5.74, 6) is 0.429. The fourth-order valence-electron chi connectivity index (χ4n) is 2.94. The van der Waals surface area contributed by atoms with Crippen LogP contribution in [0.2, 0.25) is 0 Å². The average Bonchev–Trinajstić information content (AvgIpc) is 3.02. The second-order valence-electron chi connectivity index (χ2n) is 6.50. The maximum atomic E-state index is 12.4. The molecule has 1 aliphatic carbocycles. The number of nitrogens with two attached hydrogens (primary N) is 1. The molecule has 1 aromatic carbocycles. The van der Waals surface area contributed by atoms with Crippen molar-refractivity contribution in [3.05, 3.63) is 45.6 Å². The predicted molar refractivity (Wildman–Crippen MR) is 110 cm³/mol. The lowest BCUT2D eigenvalue weighted by Crippen LogP contribution is -2.44. The van der Waals surface area contributed by atoms with Gasteiger partial charge in [-0.25, -0.2) is 13.6 Å². The molecule has 0 radical (unpaired) electrons. The third-order valence-electron chi connectivity index (χ3n) is 4.38. The number of carbonyl (C=O) groups excluding carboxylic acids is 1. The Morgan fingerprint density at radius 2 is 1.96 bits per heavy atom. The fourth-order valence-corrected chi connectivity index (χ4v) is 4.87. The summed E-state index contributed by atoms with van der Waals surface area (Å²) in [5, 5.41) is 10.00. The van der Waals surface area contributed by atoms with Crippen molar-refractivity contribution >= 4 is 50.3 Å². The van der Waals surface area contributed by atoms with Gasteiger partial charge in [-0.2, -0.15) is 0 Å². The highest BCUT2D eigenvalue weighted by molar-refractivity contribution is 7.89. The molecular weight excluding hydrogens is 404 g/mol. The van der Waals surface area contributed by atoms with Crippen LogP contribution < -0.4 is 21.3 Å². The molecule has 27 heavy (non-hydrogen) atoms. The first kappa shape index (κ1) is 19.7. The predicted octanol–water partition coefficient (Wildman–Crippen LogP) is 2.15. The number of sulfonamides is 1. The van der Waals surface area contributed by atoms with E-state index < -0.39 is 10.0 Å². The molecule has 3 rings (SSSR count). The Labute approximate surface area is 167 Å². The number of amides is 1. The van der Waals surface area contributed by atoms with Crippen molar-refractivity contribution in [1.82, 2.24) is 10.9 Å². The number of thiophene rings is 1. The van der Waals surface area contributed by atoms with Gasteiger partial charge in [-0.05, 0) is 67.2 Å². The van der Waals surface area contributed by atoms with Crippen LogP contribution in [0.5, 0.6) is 0 Å². The molecule has 2 aromatic rings. The van der Waals surface area contributed by atoms with Crippen LogP contribution in [0.3, 0.4) is 0 Å². The van der Waals surface area contributed by atoms with Crippen LogP contribution in [-0.2, 0) is 22.9 Å². The van der Waals surface area contributed by atoms with Gasteiger partial charge >= 0.3 is 0 Å². The summed E-state index contributed by atoms with van der Waals surface area (Å²) in [6.45, 7) is 2.23. The molecule has 0 unspecified atom stereocenters. The van der Waals surface area contributed by atoms with Crippen LogP contribution >= 0.6 is 23.6 Å². The molecule has 5 N–H and O–H groups in total.